The molecule has 0 aliphatic rings. The summed E-state index contributed by atoms with van der Waals surface area (Å²) >= 11 is 0. The van der Waals surface area contributed by atoms with Crippen molar-refractivity contribution in [2.75, 3.05) is 0 Å². The molecule has 0 aliphatic heterocycles. The van der Waals surface area contributed by atoms with Gasteiger partial charge in [0.2, 0.25) is 0 Å². The molecular weight excluding hydrogens is 138 g/mol. The first-order valence-electron chi connectivity index (χ1n) is 3.54. The molecule has 0 saturated heterocycles. The van der Waals surface area contributed by atoms with Gasteiger partial charge in [0.25, 0.3) is 0 Å². The molecule has 1 N–H and O–H groups in total. The van der Waals surface area contributed by atoms with E-state index in [1.807, 2.05) is 36.4 Å². The van der Waals surface area contributed by atoms with E-state index in [-0.39, 0.29) is 0 Å². The monoisotopic (exact) mass is 146 g/mol. The Balaban J connectivity index is 2.91. The number of fused-ring (bicyclic) bond motifs is 1. The number of phenols is 1. The second-order valence-corrected chi connectivity index (χ2v) is 2.50. The zero-order valence-corrected chi connectivity index (χ0v) is 5.99. The molecule has 1 heteroatoms. The Bertz CT molecular complexity index is 374. The lowest BCUT2D eigenvalue weighted by Crippen LogP contribution is -1.70. The van der Waals surface area contributed by atoms with Gasteiger partial charge < -0.3 is 5.11 Å². The third kappa shape index (κ3) is 0.944. The van der Waals surface area contributed by atoms with E-state index in [4.69, 9.17) is 0 Å². The maximum Gasteiger partial charge on any atom is 0.123 e. The van der Waals surface area contributed by atoms with Gasteiger partial charge in [-0.05, 0) is 11.5 Å². The minimum atomic E-state index is 0.350. The van der Waals surface area contributed by atoms with Gasteiger partial charge in [0.1, 0.15) is 5.75 Å². The minimum Gasteiger partial charge on any atom is -0.507 e. The molecule has 0 spiro atoms. The number of rotatable bonds is 0. The fourth-order valence-electron chi connectivity index (χ4n) is 1.21. The van der Waals surface area contributed by atoms with Crippen molar-refractivity contribution in [3.05, 3.63) is 42.5 Å². The number of benzene rings is 2. The van der Waals surface area contributed by atoms with Gasteiger partial charge in [0.15, 0.2) is 0 Å². The molecule has 2 aromatic carbocycles. The van der Waals surface area contributed by atoms with Gasteiger partial charge in [-0.3, -0.25) is 0 Å². The summed E-state index contributed by atoms with van der Waals surface area (Å²) in [6, 6.07) is 13.3. The van der Waals surface area contributed by atoms with Crippen LogP contribution in [0.25, 0.3) is 10.8 Å². The van der Waals surface area contributed by atoms with Gasteiger partial charge in [-0.15, -0.1) is 0 Å². The molecule has 2 aromatic rings. The predicted molar refractivity (Wildman–Crippen MR) is 45.6 cm³/mol. The molecule has 0 amide bonds. The number of hydrogen-bond donors (Lipinski definition) is 1. The highest BCUT2D eigenvalue weighted by Gasteiger charge is 1.94. The number of aromatic hydroxyl groups is 1. The van der Waals surface area contributed by atoms with E-state index < -0.39 is 0 Å². The summed E-state index contributed by atoms with van der Waals surface area (Å²) in [4.78, 5) is 0. The van der Waals surface area contributed by atoms with Crippen LogP contribution in [0.5, 0.6) is 5.75 Å². The summed E-state index contributed by atoms with van der Waals surface area (Å²) in [6.45, 7) is 0. The molecule has 0 heterocycles. The van der Waals surface area contributed by atoms with Crippen LogP contribution in [0, 0.1) is 0 Å². The molecule has 0 saturated carbocycles. The standard InChI is InChI=1S/C10H8O/c11-10-7-3-5-8-4-1-2-6-9(8)10/h1-7,11H/i10+2. The lowest BCUT2D eigenvalue weighted by Gasteiger charge is -1.97. The molecule has 0 aliphatic carbocycles. The average Bonchev–Trinajstić information content (AvgIpc) is 2.06. The summed E-state index contributed by atoms with van der Waals surface area (Å²) in [5.74, 6) is 0.350. The largest absolute Gasteiger partial charge is 0.507 e. The van der Waals surface area contributed by atoms with E-state index in [1.165, 1.54) is 0 Å². The van der Waals surface area contributed by atoms with Gasteiger partial charge in [-0.25, -0.2) is 0 Å². The smallest absolute Gasteiger partial charge is 0.123 e. The van der Waals surface area contributed by atoms with Gasteiger partial charge in [0, 0.05) is 5.39 Å². The Morgan fingerprint density at radius 1 is 1.00 bits per heavy atom. The van der Waals surface area contributed by atoms with Crippen LogP contribution >= 0.6 is 0 Å². The predicted octanol–water partition coefficient (Wildman–Crippen LogP) is 2.55. The van der Waals surface area contributed by atoms with E-state index in [9.17, 15) is 5.11 Å². The summed E-state index contributed by atoms with van der Waals surface area (Å²) in [5.41, 5.74) is 0. The second-order valence-electron chi connectivity index (χ2n) is 2.50. The molecule has 2 rings (SSSR count). The van der Waals surface area contributed by atoms with Crippen molar-refractivity contribution < 1.29 is 5.11 Å². The molecular formula is C10H8O. The van der Waals surface area contributed by atoms with Crippen molar-refractivity contribution in [3.8, 4) is 5.75 Å². The quantitative estimate of drug-likeness (QED) is 0.605. The second kappa shape index (κ2) is 2.27. The van der Waals surface area contributed by atoms with Crippen LogP contribution in [0.3, 0.4) is 0 Å². The van der Waals surface area contributed by atoms with Crippen molar-refractivity contribution in [3.63, 3.8) is 0 Å². The summed E-state index contributed by atoms with van der Waals surface area (Å²) < 4.78 is 0. The van der Waals surface area contributed by atoms with E-state index in [0.717, 1.165) is 10.8 Å². The number of hydrogen-bond acceptors (Lipinski definition) is 1. The Morgan fingerprint density at radius 2 is 1.73 bits per heavy atom. The van der Waals surface area contributed by atoms with Crippen LogP contribution in [0.1, 0.15) is 0 Å². The molecule has 0 radical (unpaired) electrons. The number of phenolic OH excluding ortho intramolecular Hbond substituents is 1. The molecule has 1 nitrogen and oxygen atoms in total. The van der Waals surface area contributed by atoms with Crippen molar-refractivity contribution in [2.24, 2.45) is 0 Å². The van der Waals surface area contributed by atoms with Crippen LogP contribution < -0.4 is 0 Å². The lowest BCUT2D eigenvalue weighted by atomic mass is 10.2. The first kappa shape index (κ1) is 6.23. The topological polar surface area (TPSA) is 20.2 Å². The summed E-state index contributed by atoms with van der Waals surface area (Å²) in [6.07, 6.45) is 0. The fourth-order valence-corrected chi connectivity index (χ4v) is 1.21. The van der Waals surface area contributed by atoms with E-state index in [2.05, 4.69) is 0 Å². The minimum absolute atomic E-state index is 0.350. The first-order chi connectivity index (χ1) is 5.38. The Labute approximate surface area is 64.9 Å². The SMILES string of the molecule is O[14c]1cccc2ccccc21. The molecule has 0 aromatic heterocycles. The fraction of sp³-hybridized carbons (Fsp3) is 0. The van der Waals surface area contributed by atoms with Crippen molar-refractivity contribution in [1.29, 1.82) is 0 Å². The van der Waals surface area contributed by atoms with Crippen molar-refractivity contribution in [2.45, 2.75) is 0 Å². The third-order valence-electron chi connectivity index (χ3n) is 1.77. The van der Waals surface area contributed by atoms with E-state index in [0.29, 0.717) is 5.75 Å². The summed E-state index contributed by atoms with van der Waals surface area (Å²) in [5, 5.41) is 11.4. The van der Waals surface area contributed by atoms with E-state index >= 15 is 0 Å². The first-order valence-corrected chi connectivity index (χ1v) is 3.54. The highest BCUT2D eigenvalue weighted by atomic mass is 16.5. The van der Waals surface area contributed by atoms with Crippen molar-refractivity contribution >= 4 is 10.8 Å². The Morgan fingerprint density at radius 3 is 2.55 bits per heavy atom. The van der Waals surface area contributed by atoms with Gasteiger partial charge in [0.05, 0.1) is 0 Å². The van der Waals surface area contributed by atoms with Crippen molar-refractivity contribution in [1.82, 2.24) is 0 Å². The molecule has 11 heavy (non-hydrogen) atoms. The Hall–Kier alpha value is -1.50. The molecule has 0 bridgehead atoms. The Kier molecular flexibility index (Phi) is 1.29. The molecule has 0 unspecified atom stereocenters. The molecule has 54 valence electrons. The average molecular weight is 146 g/mol. The van der Waals surface area contributed by atoms with Crippen LogP contribution in [-0.4, -0.2) is 5.11 Å². The van der Waals surface area contributed by atoms with Crippen LogP contribution in [0.4, 0.5) is 0 Å². The van der Waals surface area contributed by atoms with Gasteiger partial charge in [-0.1, -0.05) is 36.4 Å². The van der Waals surface area contributed by atoms with Crippen LogP contribution in [0.2, 0.25) is 0 Å². The highest BCUT2D eigenvalue weighted by Crippen LogP contribution is 2.22. The van der Waals surface area contributed by atoms with Crippen LogP contribution in [-0.2, 0) is 0 Å². The zero-order chi connectivity index (χ0) is 7.68. The third-order valence-corrected chi connectivity index (χ3v) is 1.77. The maximum absolute atomic E-state index is 9.37. The normalized spacial score (nSPS) is 10.2. The zero-order valence-electron chi connectivity index (χ0n) is 5.99. The van der Waals surface area contributed by atoms with Gasteiger partial charge >= 0.3 is 0 Å². The maximum atomic E-state index is 9.37. The summed E-state index contributed by atoms with van der Waals surface area (Å²) in [7, 11) is 0. The highest BCUT2D eigenvalue weighted by molar-refractivity contribution is 5.87. The molecule has 0 fully saturated rings. The van der Waals surface area contributed by atoms with E-state index in [1.54, 1.807) is 6.07 Å². The van der Waals surface area contributed by atoms with Gasteiger partial charge in [-0.2, -0.15) is 0 Å². The lowest BCUT2D eigenvalue weighted by molar-refractivity contribution is 0.481. The van der Waals surface area contributed by atoms with Crippen LogP contribution in [0.15, 0.2) is 42.5 Å². The molecule has 0 atom stereocenters.